The smallest absolute Gasteiger partial charge is 0.340 e. The lowest BCUT2D eigenvalue weighted by Crippen LogP contribution is -2.10. The van der Waals surface area contributed by atoms with Crippen molar-refractivity contribution in [3.05, 3.63) is 57.0 Å². The molecule has 2 aromatic carbocycles. The summed E-state index contributed by atoms with van der Waals surface area (Å²) in [6.07, 6.45) is 1.09. The van der Waals surface area contributed by atoms with Gasteiger partial charge in [-0.3, -0.25) is 0 Å². The van der Waals surface area contributed by atoms with E-state index in [1.165, 1.54) is 6.07 Å². The summed E-state index contributed by atoms with van der Waals surface area (Å²) in [6.45, 7) is 1.54. The first kappa shape index (κ1) is 18.2. The molecule has 0 N–H and O–H groups in total. The fourth-order valence-electron chi connectivity index (χ4n) is 1.87. The molecule has 0 atom stereocenters. The van der Waals surface area contributed by atoms with Crippen LogP contribution in [0.4, 0.5) is 0 Å². The van der Waals surface area contributed by atoms with E-state index in [-0.39, 0.29) is 16.4 Å². The van der Waals surface area contributed by atoms with Gasteiger partial charge in [-0.25, -0.2) is 0 Å². The first-order valence-corrected chi connectivity index (χ1v) is 9.75. The molecule has 0 heterocycles. The molecule has 122 valence electrons. The van der Waals surface area contributed by atoms with Crippen molar-refractivity contribution in [1.82, 2.24) is 0 Å². The Morgan fingerprint density at radius 2 is 1.74 bits per heavy atom. The lowest BCUT2D eigenvalue weighted by atomic mass is 10.1. The Morgan fingerprint density at radius 3 is 2.35 bits per heavy atom. The molecule has 0 fully saturated rings. The van der Waals surface area contributed by atoms with Crippen LogP contribution in [0.15, 0.2) is 56.3 Å². The van der Waals surface area contributed by atoms with Gasteiger partial charge in [0.1, 0.15) is 16.4 Å². The van der Waals surface area contributed by atoms with Crippen molar-refractivity contribution >= 4 is 47.8 Å². The Kier molecular flexibility index (Phi) is 6.00. The van der Waals surface area contributed by atoms with E-state index in [0.717, 1.165) is 5.56 Å². The standard InChI is InChI=1S/C16H14Br2O4S/c1-11(19)2-3-12-4-7-14(8-5-12)22-23(20,21)16-10-13(17)6-9-15(16)18/h4-10H,2-3H2,1H3. The summed E-state index contributed by atoms with van der Waals surface area (Å²) in [5.74, 6) is 0.343. The molecule has 0 amide bonds. The molecule has 2 aromatic rings. The minimum absolute atomic E-state index is 0.0486. The fourth-order valence-corrected chi connectivity index (χ4v) is 4.26. The number of ketones is 1. The van der Waals surface area contributed by atoms with Crippen LogP contribution in [-0.4, -0.2) is 14.2 Å². The van der Waals surface area contributed by atoms with Gasteiger partial charge in [-0.15, -0.1) is 0 Å². The second-order valence-corrected chi connectivity index (χ2v) is 8.24. The van der Waals surface area contributed by atoms with Crippen LogP contribution in [0.5, 0.6) is 5.75 Å². The molecule has 0 bridgehead atoms. The van der Waals surface area contributed by atoms with Crippen molar-refractivity contribution < 1.29 is 17.4 Å². The van der Waals surface area contributed by atoms with Crippen LogP contribution in [-0.2, 0) is 21.3 Å². The number of benzene rings is 2. The Balaban J connectivity index is 2.17. The minimum Gasteiger partial charge on any atom is -0.379 e. The summed E-state index contributed by atoms with van der Waals surface area (Å²) >= 11 is 6.46. The summed E-state index contributed by atoms with van der Waals surface area (Å²) in [5.41, 5.74) is 0.952. The van der Waals surface area contributed by atoms with Gasteiger partial charge in [0.15, 0.2) is 0 Å². The monoisotopic (exact) mass is 460 g/mol. The maximum atomic E-state index is 12.4. The van der Waals surface area contributed by atoms with Crippen LogP contribution in [0.2, 0.25) is 0 Å². The average molecular weight is 462 g/mol. The van der Waals surface area contributed by atoms with Gasteiger partial charge in [-0.2, -0.15) is 8.42 Å². The largest absolute Gasteiger partial charge is 0.379 e. The van der Waals surface area contributed by atoms with Crippen molar-refractivity contribution in [1.29, 1.82) is 0 Å². The van der Waals surface area contributed by atoms with Crippen LogP contribution >= 0.6 is 31.9 Å². The maximum Gasteiger partial charge on any atom is 0.340 e. The van der Waals surface area contributed by atoms with E-state index in [1.54, 1.807) is 43.3 Å². The molecule has 0 aliphatic carbocycles. The fraction of sp³-hybridized carbons (Fsp3) is 0.188. The zero-order valence-electron chi connectivity index (χ0n) is 12.3. The summed E-state index contributed by atoms with van der Waals surface area (Å²) < 4.78 is 30.9. The average Bonchev–Trinajstić information content (AvgIpc) is 2.48. The highest BCUT2D eigenvalue weighted by atomic mass is 79.9. The summed E-state index contributed by atoms with van der Waals surface area (Å²) in [4.78, 5) is 11.0. The van der Waals surface area contributed by atoms with E-state index >= 15 is 0 Å². The van der Waals surface area contributed by atoms with Crippen LogP contribution in [0.25, 0.3) is 0 Å². The van der Waals surface area contributed by atoms with Crippen molar-refractivity contribution in [2.24, 2.45) is 0 Å². The number of Topliss-reactive ketones (excluding diaryl/α,β-unsaturated/α-hetero) is 1. The number of hydrogen-bond acceptors (Lipinski definition) is 4. The minimum atomic E-state index is -3.94. The van der Waals surface area contributed by atoms with Crippen LogP contribution < -0.4 is 4.18 Å². The normalized spacial score (nSPS) is 11.3. The number of hydrogen-bond donors (Lipinski definition) is 0. The van der Waals surface area contributed by atoms with Crippen molar-refractivity contribution in [3.8, 4) is 5.75 Å². The van der Waals surface area contributed by atoms with Crippen LogP contribution in [0, 0.1) is 0 Å². The van der Waals surface area contributed by atoms with Crippen molar-refractivity contribution in [3.63, 3.8) is 0 Å². The molecule has 23 heavy (non-hydrogen) atoms. The number of carbonyl (C=O) groups excluding carboxylic acids is 1. The van der Waals surface area contributed by atoms with Crippen LogP contribution in [0.3, 0.4) is 0 Å². The first-order chi connectivity index (χ1) is 10.8. The van der Waals surface area contributed by atoms with Gasteiger partial charge in [-0.05, 0) is 65.2 Å². The van der Waals surface area contributed by atoms with E-state index in [4.69, 9.17) is 4.18 Å². The van der Waals surface area contributed by atoms with E-state index in [0.29, 0.717) is 21.8 Å². The Hall–Kier alpha value is -1.18. The van der Waals surface area contributed by atoms with Crippen molar-refractivity contribution in [2.45, 2.75) is 24.7 Å². The zero-order valence-corrected chi connectivity index (χ0v) is 16.2. The number of rotatable bonds is 6. The summed E-state index contributed by atoms with van der Waals surface area (Å²) in [6, 6.07) is 11.5. The summed E-state index contributed by atoms with van der Waals surface area (Å²) in [7, 11) is -3.94. The molecule has 0 radical (unpaired) electrons. The molecule has 0 saturated carbocycles. The highest BCUT2D eigenvalue weighted by Gasteiger charge is 2.20. The Morgan fingerprint density at radius 1 is 1.09 bits per heavy atom. The first-order valence-electron chi connectivity index (χ1n) is 6.76. The predicted molar refractivity (Wildman–Crippen MR) is 95.1 cm³/mol. The number of halogens is 2. The van der Waals surface area contributed by atoms with E-state index in [1.807, 2.05) is 0 Å². The molecule has 0 aliphatic rings. The third-order valence-electron chi connectivity index (χ3n) is 3.06. The van der Waals surface area contributed by atoms with E-state index in [9.17, 15) is 13.2 Å². The highest BCUT2D eigenvalue weighted by Crippen LogP contribution is 2.28. The molecule has 7 heteroatoms. The summed E-state index contributed by atoms with van der Waals surface area (Å²) in [5, 5.41) is 0. The predicted octanol–water partition coefficient (Wildman–Crippen LogP) is 4.50. The van der Waals surface area contributed by atoms with E-state index < -0.39 is 10.1 Å². The SMILES string of the molecule is CC(=O)CCc1ccc(OS(=O)(=O)c2cc(Br)ccc2Br)cc1. The number of carbonyl (C=O) groups is 1. The number of aryl methyl sites for hydroxylation is 1. The van der Waals surface area contributed by atoms with Crippen LogP contribution in [0.1, 0.15) is 18.9 Å². The van der Waals surface area contributed by atoms with Crippen molar-refractivity contribution in [2.75, 3.05) is 0 Å². The molecular weight excluding hydrogens is 448 g/mol. The molecule has 0 saturated heterocycles. The second kappa shape index (κ2) is 7.59. The van der Waals surface area contributed by atoms with Gasteiger partial charge in [0.25, 0.3) is 0 Å². The molecule has 4 nitrogen and oxygen atoms in total. The molecule has 0 spiro atoms. The molecule has 0 unspecified atom stereocenters. The molecule has 2 rings (SSSR count). The molecule has 0 aromatic heterocycles. The molecular formula is C16H14Br2O4S. The van der Waals surface area contributed by atoms with Gasteiger partial charge in [0.2, 0.25) is 0 Å². The Labute approximate surface area is 152 Å². The second-order valence-electron chi connectivity index (χ2n) is 4.96. The van der Waals surface area contributed by atoms with Gasteiger partial charge in [0, 0.05) is 15.4 Å². The topological polar surface area (TPSA) is 60.4 Å². The lowest BCUT2D eigenvalue weighted by molar-refractivity contribution is -0.116. The van der Waals surface area contributed by atoms with Gasteiger partial charge in [0.05, 0.1) is 0 Å². The highest BCUT2D eigenvalue weighted by molar-refractivity contribution is 9.11. The zero-order chi connectivity index (χ0) is 17.0. The van der Waals surface area contributed by atoms with Gasteiger partial charge >= 0.3 is 10.1 Å². The van der Waals surface area contributed by atoms with E-state index in [2.05, 4.69) is 31.9 Å². The lowest BCUT2D eigenvalue weighted by Gasteiger charge is -2.09. The quantitative estimate of drug-likeness (QED) is 0.594. The third-order valence-corrected chi connectivity index (χ3v) is 5.79. The Bertz CT molecular complexity index is 814. The molecule has 0 aliphatic heterocycles. The van der Waals surface area contributed by atoms with Gasteiger partial charge < -0.3 is 8.98 Å². The third kappa shape index (κ3) is 5.16. The van der Waals surface area contributed by atoms with Gasteiger partial charge in [-0.1, -0.05) is 28.1 Å². The maximum absolute atomic E-state index is 12.4.